The number of methoxy groups -OCH3 is 1. The molecule has 0 saturated carbocycles. The molecule has 11 nitrogen and oxygen atoms in total. The monoisotopic (exact) mass is 1390 g/mol. The van der Waals surface area contributed by atoms with Crippen molar-refractivity contribution in [3.63, 3.8) is 0 Å². The number of hydrogen-bond donors (Lipinski definition) is 1. The van der Waals surface area contributed by atoms with Crippen LogP contribution in [0.1, 0.15) is 189 Å². The molecule has 0 unspecified atom stereocenters. The number of nitrogens with zero attached hydrogens (tertiary/aromatic N) is 2. The van der Waals surface area contributed by atoms with Gasteiger partial charge >= 0.3 is 24.7 Å². The van der Waals surface area contributed by atoms with Gasteiger partial charge in [-0.15, -0.1) is 0 Å². The number of ether oxygens (including phenoxy) is 4. The molecule has 0 saturated heterocycles. The largest absolute Gasteiger partial charge is 0.493 e. The van der Waals surface area contributed by atoms with Crippen LogP contribution in [0.5, 0.6) is 11.5 Å². The van der Waals surface area contributed by atoms with Gasteiger partial charge in [-0.25, -0.2) is 0 Å². The lowest BCUT2D eigenvalue weighted by Crippen LogP contribution is -2.57. The molecule has 1 N–H and O–H groups in total. The third-order valence-electron chi connectivity index (χ3n) is 19.0. The molecule has 0 spiro atoms. The predicted molar refractivity (Wildman–Crippen MR) is 353 cm³/mol. The zero-order valence-electron chi connectivity index (χ0n) is 56.6. The lowest BCUT2D eigenvalue weighted by atomic mass is 9.70. The number of imide groups is 2. The van der Waals surface area contributed by atoms with Gasteiger partial charge in [0.05, 0.1) is 35.5 Å². The van der Waals surface area contributed by atoms with Gasteiger partial charge in [0.15, 0.2) is 0 Å². The molecule has 0 bridgehead atoms. The van der Waals surface area contributed by atoms with Gasteiger partial charge in [0.2, 0.25) is 0 Å². The van der Waals surface area contributed by atoms with Crippen LogP contribution in [0.4, 0.5) is 52.7 Å². The Bertz CT molecular complexity index is 3800. The third kappa shape index (κ3) is 16.5. The molecule has 0 fully saturated rings. The van der Waals surface area contributed by atoms with Gasteiger partial charge in [0.25, 0.3) is 34.8 Å². The van der Waals surface area contributed by atoms with Gasteiger partial charge in [-0.05, 0) is 196 Å². The first kappa shape index (κ1) is 78.1. The minimum absolute atomic E-state index is 0.00238. The van der Waals surface area contributed by atoms with E-state index in [9.17, 15) is 77.0 Å². The van der Waals surface area contributed by atoms with E-state index >= 15 is 0 Å². The van der Waals surface area contributed by atoms with Crippen molar-refractivity contribution in [2.75, 3.05) is 40.2 Å². The molecule has 0 radical (unpaired) electrons. The summed E-state index contributed by atoms with van der Waals surface area (Å²) in [5.41, 5.74) is -1.92. The zero-order valence-corrected chi connectivity index (χ0v) is 56.6. The van der Waals surface area contributed by atoms with Gasteiger partial charge in [-0.2, -0.15) is 52.7 Å². The lowest BCUT2D eigenvalue weighted by molar-refractivity contribution is -0.372. The van der Waals surface area contributed by atoms with Gasteiger partial charge in [-0.3, -0.25) is 29.0 Å². The molecule has 6 aromatic rings. The Morgan fingerprint density at radius 2 is 0.737 bits per heavy atom. The zero-order chi connectivity index (χ0) is 73.1. The van der Waals surface area contributed by atoms with Crippen molar-refractivity contribution in [2.24, 2.45) is 0 Å². The fraction of sp³-hybridized carbons (Fsp3) is 0.421. The highest BCUT2D eigenvalue weighted by Gasteiger charge is 2.71. The second kappa shape index (κ2) is 31.9. The number of alkyl halides is 12. The Hall–Kier alpha value is -8.28. The van der Waals surface area contributed by atoms with E-state index in [0.29, 0.717) is 116 Å². The summed E-state index contributed by atoms with van der Waals surface area (Å²) in [5.74, 6) is 0.370. The van der Waals surface area contributed by atoms with E-state index in [-0.39, 0.29) is 46.9 Å². The van der Waals surface area contributed by atoms with E-state index in [1.165, 1.54) is 21.9 Å². The summed E-state index contributed by atoms with van der Waals surface area (Å²) in [5, 5.41) is 9.50. The van der Waals surface area contributed by atoms with E-state index in [1.54, 1.807) is 86.6 Å². The van der Waals surface area contributed by atoms with Crippen molar-refractivity contribution < 1.29 is 95.9 Å². The molecule has 2 heterocycles. The van der Waals surface area contributed by atoms with Crippen molar-refractivity contribution in [3.05, 3.63) is 211 Å². The van der Waals surface area contributed by atoms with Crippen molar-refractivity contribution in [1.29, 1.82) is 0 Å². The van der Waals surface area contributed by atoms with Crippen LogP contribution in [-0.2, 0) is 20.3 Å². The Morgan fingerprint density at radius 3 is 1.03 bits per heavy atom. The van der Waals surface area contributed by atoms with Crippen molar-refractivity contribution in [1.82, 2.24) is 9.80 Å². The number of carbonyl (C=O) groups excluding carboxylic acids is 4. The van der Waals surface area contributed by atoms with Crippen LogP contribution < -0.4 is 9.47 Å². The molecule has 0 atom stereocenters. The molecule has 0 aliphatic carbocycles. The number of aliphatic hydroxyl groups is 1. The van der Waals surface area contributed by atoms with E-state index in [4.69, 9.17) is 9.47 Å². The number of carbonyl (C=O) groups is 4. The maximum absolute atomic E-state index is 13.8. The molecule has 4 amide bonds. The first-order valence-corrected chi connectivity index (χ1v) is 32.7. The lowest BCUT2D eigenvalue weighted by Gasteiger charge is -2.35. The molecule has 534 valence electrons. The summed E-state index contributed by atoms with van der Waals surface area (Å²) in [6, 6.07) is 35.4. The Morgan fingerprint density at radius 1 is 0.414 bits per heavy atom. The number of unbranched alkanes of at least 4 members (excludes halogenated alkanes) is 4. The molecule has 99 heavy (non-hydrogen) atoms. The summed E-state index contributed by atoms with van der Waals surface area (Å²) >= 11 is 0. The average Bonchev–Trinajstić information content (AvgIpc) is 1.76. The summed E-state index contributed by atoms with van der Waals surface area (Å²) in [6.07, 6.45) is -15.3. The molecule has 6 aromatic carbocycles. The van der Waals surface area contributed by atoms with Gasteiger partial charge in [0.1, 0.15) is 18.3 Å². The molecular formula is C76H82F12N2O9. The quantitative estimate of drug-likeness (QED) is 0.0211. The predicted octanol–water partition coefficient (Wildman–Crippen LogP) is 18.9. The second-order valence-corrected chi connectivity index (χ2v) is 24.8. The number of halogens is 12. The standard InChI is InChI=1S/C39H43F6NO5.C37H39F6NO4/c1-6-36(7-2,29-16-15-28(26(3)23-29)19-20-37(38(40,41)42,39(43,44)45)51-25-49-5)30-17-18-33(27(4)24-30)50-22-12-8-11-21-46-34(47)31-13-9-10-14-32(31)35(46)48;1-5-34(6-2,27-15-14-26(24(3)22-27)18-19-35(47,36(38,39)40)37(41,42)43)28-16-17-31(25(4)23-28)48-21-11-7-10-20-44-32(45)29-12-8-9-13-30(29)33(44)46/h9-10,13-20,23-24H,6-8,11-12,21-22,25H2,1-5H3;8-9,12-19,22-23,47H,5-7,10-11,20-21H2,1-4H3/b20-19+;19-18+. The van der Waals surface area contributed by atoms with E-state index in [0.717, 1.165) is 72.2 Å². The molecule has 2 aliphatic rings. The Labute approximate surface area is 568 Å². The van der Waals surface area contributed by atoms with Crippen molar-refractivity contribution >= 4 is 35.8 Å². The van der Waals surface area contributed by atoms with Gasteiger partial charge in [-0.1, -0.05) is 125 Å². The number of fused-ring (bicyclic) bond motifs is 2. The first-order valence-electron chi connectivity index (χ1n) is 32.7. The SMILES string of the molecule is CCC(CC)(c1ccc(/C=C/C(O)(C(F)(F)F)C(F)(F)F)c(C)c1)c1ccc(OCCCCCN2C(=O)c3ccccc3C2=O)c(C)c1.CCC(CC)(c1ccc(/C=C/C(OCOC)(C(F)(F)F)C(F)(F)F)c(C)c1)c1ccc(OCCCCCN2C(=O)c3ccccc3C2=O)c(C)c1. The van der Waals surface area contributed by atoms with Crippen LogP contribution in [0.2, 0.25) is 0 Å². The summed E-state index contributed by atoms with van der Waals surface area (Å²) in [6.45, 7) is 15.6. The van der Waals surface area contributed by atoms with Crippen LogP contribution in [0, 0.1) is 27.7 Å². The number of rotatable bonds is 29. The smallest absolute Gasteiger partial charge is 0.430 e. The normalized spacial score (nSPS) is 14.2. The fourth-order valence-electron chi connectivity index (χ4n) is 12.8. The molecule has 0 aromatic heterocycles. The van der Waals surface area contributed by atoms with Crippen LogP contribution in [0.25, 0.3) is 12.2 Å². The van der Waals surface area contributed by atoms with Gasteiger partial charge < -0.3 is 24.1 Å². The van der Waals surface area contributed by atoms with Gasteiger partial charge in [0, 0.05) is 31.0 Å². The first-order chi connectivity index (χ1) is 46.6. The molecule has 23 heteroatoms. The average molecular weight is 1400 g/mol. The molecule has 2 aliphatic heterocycles. The molecular weight excluding hydrogens is 1310 g/mol. The maximum Gasteiger partial charge on any atom is 0.430 e. The van der Waals surface area contributed by atoms with Crippen LogP contribution >= 0.6 is 0 Å². The van der Waals surface area contributed by atoms with E-state index < -0.39 is 53.5 Å². The summed E-state index contributed by atoms with van der Waals surface area (Å²) in [4.78, 5) is 52.8. The summed E-state index contributed by atoms with van der Waals surface area (Å²) in [7, 11) is 0.939. The number of benzene rings is 6. The van der Waals surface area contributed by atoms with Crippen LogP contribution in [0.3, 0.4) is 0 Å². The second-order valence-electron chi connectivity index (χ2n) is 24.8. The highest BCUT2D eigenvalue weighted by Crippen LogP contribution is 2.49. The van der Waals surface area contributed by atoms with Crippen molar-refractivity contribution in [2.45, 2.75) is 166 Å². The van der Waals surface area contributed by atoms with E-state index in [1.807, 2.05) is 77.9 Å². The molecule has 8 rings (SSSR count). The topological polar surface area (TPSA) is 132 Å². The third-order valence-corrected chi connectivity index (χ3v) is 19.0. The van der Waals surface area contributed by atoms with Crippen LogP contribution in [0.15, 0.2) is 133 Å². The highest BCUT2D eigenvalue weighted by atomic mass is 19.4. The number of amides is 4. The number of aryl methyl sites for hydroxylation is 4. The van der Waals surface area contributed by atoms with Crippen molar-refractivity contribution in [3.8, 4) is 11.5 Å². The Balaban J connectivity index is 0.000000279. The maximum atomic E-state index is 13.8. The highest BCUT2D eigenvalue weighted by molar-refractivity contribution is 6.22. The summed E-state index contributed by atoms with van der Waals surface area (Å²) < 4.78 is 182. The fourth-order valence-corrected chi connectivity index (χ4v) is 12.8. The Kier molecular flexibility index (Phi) is 25.2. The van der Waals surface area contributed by atoms with Crippen LogP contribution in [-0.4, -0.2) is 115 Å². The number of hydrogen-bond acceptors (Lipinski definition) is 9. The minimum atomic E-state index is -5.94. The van der Waals surface area contributed by atoms with E-state index in [2.05, 4.69) is 9.47 Å². The minimum Gasteiger partial charge on any atom is -0.493 e.